The molecule has 0 heterocycles. The van der Waals surface area contributed by atoms with Crippen molar-refractivity contribution in [3.05, 3.63) is 0 Å². The van der Waals surface area contributed by atoms with Crippen molar-refractivity contribution < 1.29 is 13.5 Å². The van der Waals surface area contributed by atoms with Crippen LogP contribution in [0.15, 0.2) is 0 Å². The zero-order chi connectivity index (χ0) is 13.6. The summed E-state index contributed by atoms with van der Waals surface area (Å²) in [4.78, 5) is 0. The van der Waals surface area contributed by atoms with E-state index in [9.17, 15) is 13.5 Å². The average Bonchev–Trinajstić information content (AvgIpc) is 2.32. The second-order valence-electron chi connectivity index (χ2n) is 5.40. The van der Waals surface area contributed by atoms with Gasteiger partial charge in [0.1, 0.15) is 9.84 Å². The third-order valence-electron chi connectivity index (χ3n) is 3.95. The fraction of sp³-hybridized carbons (Fsp3) is 1.00. The van der Waals surface area contributed by atoms with Gasteiger partial charge in [0, 0.05) is 11.8 Å². The van der Waals surface area contributed by atoms with Crippen LogP contribution >= 0.6 is 0 Å². The zero-order valence-corrected chi connectivity index (χ0v) is 12.4. The van der Waals surface area contributed by atoms with Gasteiger partial charge in [0.2, 0.25) is 0 Å². The van der Waals surface area contributed by atoms with Crippen LogP contribution in [0.3, 0.4) is 0 Å². The summed E-state index contributed by atoms with van der Waals surface area (Å²) in [5.41, 5.74) is -0.630. The van der Waals surface area contributed by atoms with Crippen molar-refractivity contribution in [1.29, 1.82) is 0 Å². The van der Waals surface area contributed by atoms with Crippen molar-refractivity contribution in [1.82, 2.24) is 5.32 Å². The van der Waals surface area contributed by atoms with Gasteiger partial charge >= 0.3 is 0 Å². The topological polar surface area (TPSA) is 66.4 Å². The smallest absolute Gasteiger partial charge is 0.150 e. The minimum absolute atomic E-state index is 0.202. The molecule has 4 nitrogen and oxygen atoms in total. The summed E-state index contributed by atoms with van der Waals surface area (Å²) in [7, 11) is -2.89. The van der Waals surface area contributed by atoms with Gasteiger partial charge in [0.05, 0.1) is 11.4 Å². The molecular weight excluding hydrogens is 250 g/mol. The average molecular weight is 277 g/mol. The number of hydrogen-bond acceptors (Lipinski definition) is 4. The standard InChI is InChI=1S/C13H27NO3S/c1-3-14-12-6-9-13(15,10-7-12)8-5-11-18(16,17)4-2/h12,14-15H,3-11H2,1-2H3. The third kappa shape index (κ3) is 5.24. The first-order valence-corrected chi connectivity index (χ1v) is 8.89. The summed E-state index contributed by atoms with van der Waals surface area (Å²) in [5.74, 6) is 0.413. The molecule has 1 rings (SSSR count). The Labute approximate surface area is 111 Å². The monoisotopic (exact) mass is 277 g/mol. The maximum Gasteiger partial charge on any atom is 0.150 e. The summed E-state index contributed by atoms with van der Waals surface area (Å²) in [6.45, 7) is 4.74. The molecular formula is C13H27NO3S. The van der Waals surface area contributed by atoms with E-state index in [2.05, 4.69) is 12.2 Å². The first-order valence-electron chi connectivity index (χ1n) is 7.07. The van der Waals surface area contributed by atoms with Crippen molar-refractivity contribution in [2.75, 3.05) is 18.1 Å². The highest BCUT2D eigenvalue weighted by atomic mass is 32.2. The van der Waals surface area contributed by atoms with E-state index >= 15 is 0 Å². The highest BCUT2D eigenvalue weighted by molar-refractivity contribution is 7.91. The van der Waals surface area contributed by atoms with Crippen LogP contribution in [0, 0.1) is 0 Å². The lowest BCUT2D eigenvalue weighted by atomic mass is 9.79. The van der Waals surface area contributed by atoms with E-state index in [-0.39, 0.29) is 11.5 Å². The molecule has 0 unspecified atom stereocenters. The van der Waals surface area contributed by atoms with Gasteiger partial charge in [-0.25, -0.2) is 8.42 Å². The highest BCUT2D eigenvalue weighted by Crippen LogP contribution is 2.32. The Morgan fingerprint density at radius 2 is 1.89 bits per heavy atom. The lowest BCUT2D eigenvalue weighted by Crippen LogP contribution is -2.41. The van der Waals surface area contributed by atoms with E-state index in [1.165, 1.54) is 0 Å². The summed E-state index contributed by atoms with van der Waals surface area (Å²) in [5, 5.41) is 13.8. The molecule has 0 saturated heterocycles. The van der Waals surface area contributed by atoms with Crippen LogP contribution in [0.2, 0.25) is 0 Å². The SMILES string of the molecule is CCNC1CCC(O)(CCCS(=O)(=O)CC)CC1. The molecule has 108 valence electrons. The fourth-order valence-electron chi connectivity index (χ4n) is 2.66. The van der Waals surface area contributed by atoms with Crippen LogP contribution in [0.4, 0.5) is 0 Å². The molecule has 0 aromatic rings. The Morgan fingerprint density at radius 3 is 2.39 bits per heavy atom. The highest BCUT2D eigenvalue weighted by Gasteiger charge is 2.32. The molecule has 0 bridgehead atoms. The Balaban J connectivity index is 2.30. The summed E-state index contributed by atoms with van der Waals surface area (Å²) in [6.07, 6.45) is 4.76. The summed E-state index contributed by atoms with van der Waals surface area (Å²) >= 11 is 0. The molecule has 0 amide bonds. The van der Waals surface area contributed by atoms with E-state index in [1.807, 2.05) is 0 Å². The lowest BCUT2D eigenvalue weighted by molar-refractivity contribution is -0.0111. The van der Waals surface area contributed by atoms with E-state index < -0.39 is 15.4 Å². The Kier molecular flexibility index (Phi) is 6.08. The van der Waals surface area contributed by atoms with Crippen molar-refractivity contribution in [2.24, 2.45) is 0 Å². The fourth-order valence-corrected chi connectivity index (χ4v) is 3.54. The first kappa shape index (κ1) is 15.9. The lowest BCUT2D eigenvalue weighted by Gasteiger charge is -2.36. The molecule has 0 atom stereocenters. The number of nitrogens with one attached hydrogen (secondary N) is 1. The van der Waals surface area contributed by atoms with Crippen molar-refractivity contribution in [3.63, 3.8) is 0 Å². The summed E-state index contributed by atoms with van der Waals surface area (Å²) in [6, 6.07) is 0.523. The van der Waals surface area contributed by atoms with E-state index in [4.69, 9.17) is 0 Å². The van der Waals surface area contributed by atoms with Gasteiger partial charge in [0.25, 0.3) is 0 Å². The molecule has 0 spiro atoms. The molecule has 1 fully saturated rings. The molecule has 1 aliphatic carbocycles. The van der Waals surface area contributed by atoms with Gasteiger partial charge in [-0.2, -0.15) is 0 Å². The van der Waals surface area contributed by atoms with Crippen molar-refractivity contribution in [2.45, 2.75) is 64.0 Å². The minimum atomic E-state index is -2.89. The van der Waals surface area contributed by atoms with Crippen molar-refractivity contribution >= 4 is 9.84 Å². The van der Waals surface area contributed by atoms with Gasteiger partial charge < -0.3 is 10.4 Å². The maximum absolute atomic E-state index is 11.4. The van der Waals surface area contributed by atoms with Gasteiger partial charge in [0.15, 0.2) is 0 Å². The van der Waals surface area contributed by atoms with Crippen LogP contribution in [-0.2, 0) is 9.84 Å². The number of rotatable bonds is 7. The van der Waals surface area contributed by atoms with Crippen LogP contribution in [-0.4, -0.2) is 43.2 Å². The minimum Gasteiger partial charge on any atom is -0.390 e. The molecule has 1 aliphatic rings. The van der Waals surface area contributed by atoms with Gasteiger partial charge in [-0.05, 0) is 45.1 Å². The van der Waals surface area contributed by atoms with Gasteiger partial charge in [-0.15, -0.1) is 0 Å². The van der Waals surface area contributed by atoms with Crippen molar-refractivity contribution in [3.8, 4) is 0 Å². The second-order valence-corrected chi connectivity index (χ2v) is 7.87. The predicted octanol–water partition coefficient (Wildman–Crippen LogP) is 1.48. The van der Waals surface area contributed by atoms with E-state index in [0.29, 0.717) is 18.9 Å². The van der Waals surface area contributed by atoms with Crippen LogP contribution in [0.5, 0.6) is 0 Å². The number of aliphatic hydroxyl groups is 1. The zero-order valence-electron chi connectivity index (χ0n) is 11.6. The van der Waals surface area contributed by atoms with Crippen LogP contribution in [0.25, 0.3) is 0 Å². The maximum atomic E-state index is 11.4. The molecule has 2 N–H and O–H groups in total. The molecule has 0 aromatic carbocycles. The van der Waals surface area contributed by atoms with Crippen LogP contribution < -0.4 is 5.32 Å². The Bertz CT molecular complexity index is 332. The van der Waals surface area contributed by atoms with Gasteiger partial charge in [-0.1, -0.05) is 13.8 Å². The molecule has 1 saturated carbocycles. The van der Waals surface area contributed by atoms with Crippen LogP contribution in [0.1, 0.15) is 52.4 Å². The second kappa shape index (κ2) is 6.87. The molecule has 5 heteroatoms. The predicted molar refractivity (Wildman–Crippen MR) is 74.4 cm³/mol. The third-order valence-corrected chi connectivity index (χ3v) is 5.74. The molecule has 0 aliphatic heterocycles. The molecule has 0 aromatic heterocycles. The van der Waals surface area contributed by atoms with E-state index in [1.54, 1.807) is 6.92 Å². The van der Waals surface area contributed by atoms with E-state index in [0.717, 1.165) is 32.2 Å². The Hall–Kier alpha value is -0.130. The van der Waals surface area contributed by atoms with Gasteiger partial charge in [-0.3, -0.25) is 0 Å². The molecule has 0 radical (unpaired) electrons. The largest absolute Gasteiger partial charge is 0.390 e. The molecule has 18 heavy (non-hydrogen) atoms. The first-order chi connectivity index (χ1) is 8.41. The number of sulfone groups is 1. The normalized spacial score (nSPS) is 29.4. The summed E-state index contributed by atoms with van der Waals surface area (Å²) < 4.78 is 22.8. The quantitative estimate of drug-likeness (QED) is 0.740. The Morgan fingerprint density at radius 1 is 1.28 bits per heavy atom. The number of hydrogen-bond donors (Lipinski definition) is 2.